The summed E-state index contributed by atoms with van der Waals surface area (Å²) in [6, 6.07) is 3.75. The van der Waals surface area contributed by atoms with E-state index in [1.807, 2.05) is 26.0 Å². The van der Waals surface area contributed by atoms with Gasteiger partial charge in [0.05, 0.1) is 6.10 Å². The molecule has 0 fully saturated rings. The third-order valence-corrected chi connectivity index (χ3v) is 1.70. The number of aromatic nitrogens is 1. The van der Waals surface area contributed by atoms with Crippen molar-refractivity contribution in [3.8, 4) is 18.1 Å². The topological polar surface area (TPSA) is 34.2 Å². The number of hydrogen-bond donors (Lipinski definition) is 1. The van der Waals surface area contributed by atoms with Gasteiger partial charge >= 0.3 is 0 Å². The Hall–Kier alpha value is -1.69. The van der Waals surface area contributed by atoms with E-state index in [0.29, 0.717) is 13.0 Å². The first kappa shape index (κ1) is 11.4. The lowest BCUT2D eigenvalue weighted by molar-refractivity contribution is 0.243. The Labute approximate surface area is 90.9 Å². The normalized spacial score (nSPS) is 9.73. The van der Waals surface area contributed by atoms with Crippen LogP contribution in [0.3, 0.4) is 0 Å². The Morgan fingerprint density at radius 2 is 2.40 bits per heavy atom. The van der Waals surface area contributed by atoms with Crippen molar-refractivity contribution in [2.24, 2.45) is 0 Å². The Morgan fingerprint density at radius 3 is 3.07 bits per heavy atom. The van der Waals surface area contributed by atoms with Gasteiger partial charge in [-0.2, -0.15) is 0 Å². The van der Waals surface area contributed by atoms with Gasteiger partial charge in [0, 0.05) is 19.2 Å². The van der Waals surface area contributed by atoms with Gasteiger partial charge in [0.25, 0.3) is 0 Å². The zero-order valence-corrected chi connectivity index (χ0v) is 9.16. The first-order chi connectivity index (χ1) is 7.24. The third-order valence-electron chi connectivity index (χ3n) is 1.70. The molecule has 0 aliphatic rings. The minimum Gasteiger partial charge on any atom is -0.487 e. The second kappa shape index (κ2) is 5.92. The summed E-state index contributed by atoms with van der Waals surface area (Å²) in [5.74, 6) is 4.09. The van der Waals surface area contributed by atoms with Gasteiger partial charge in [-0.05, 0) is 26.0 Å². The van der Waals surface area contributed by atoms with Crippen molar-refractivity contribution >= 4 is 5.82 Å². The summed E-state index contributed by atoms with van der Waals surface area (Å²) in [4.78, 5) is 4.20. The summed E-state index contributed by atoms with van der Waals surface area (Å²) in [7, 11) is 0. The van der Waals surface area contributed by atoms with Crippen LogP contribution in [0.2, 0.25) is 0 Å². The fourth-order valence-corrected chi connectivity index (χ4v) is 1.13. The molecule has 0 unspecified atom stereocenters. The lowest BCUT2D eigenvalue weighted by Gasteiger charge is -2.13. The minimum atomic E-state index is 0.141. The van der Waals surface area contributed by atoms with Gasteiger partial charge < -0.3 is 10.1 Å². The molecule has 1 rings (SSSR count). The zero-order chi connectivity index (χ0) is 11.1. The molecule has 0 aliphatic carbocycles. The summed E-state index contributed by atoms with van der Waals surface area (Å²) >= 11 is 0. The van der Waals surface area contributed by atoms with Crippen molar-refractivity contribution in [1.82, 2.24) is 4.98 Å². The first-order valence-corrected chi connectivity index (χ1v) is 5.03. The summed E-state index contributed by atoms with van der Waals surface area (Å²) in [6.45, 7) is 4.68. The van der Waals surface area contributed by atoms with Crippen molar-refractivity contribution in [1.29, 1.82) is 0 Å². The van der Waals surface area contributed by atoms with Crippen molar-refractivity contribution in [3.05, 3.63) is 18.3 Å². The van der Waals surface area contributed by atoms with Gasteiger partial charge in [-0.25, -0.2) is 4.98 Å². The molecule has 3 heteroatoms. The van der Waals surface area contributed by atoms with E-state index >= 15 is 0 Å². The summed E-state index contributed by atoms with van der Waals surface area (Å²) < 4.78 is 5.60. The molecule has 80 valence electrons. The average Bonchev–Trinajstić information content (AvgIpc) is 2.20. The van der Waals surface area contributed by atoms with E-state index in [0.717, 1.165) is 11.6 Å². The lowest BCUT2D eigenvalue weighted by Crippen LogP contribution is -2.10. The van der Waals surface area contributed by atoms with Crippen molar-refractivity contribution < 1.29 is 4.74 Å². The molecule has 1 N–H and O–H groups in total. The Kier molecular flexibility index (Phi) is 4.49. The number of pyridine rings is 1. The molecule has 0 aliphatic heterocycles. The number of nitrogens with zero attached hydrogens (tertiary/aromatic N) is 1. The Bertz CT molecular complexity index is 342. The first-order valence-electron chi connectivity index (χ1n) is 5.03. The van der Waals surface area contributed by atoms with Crippen LogP contribution in [0.15, 0.2) is 18.3 Å². The van der Waals surface area contributed by atoms with Crippen LogP contribution in [0.5, 0.6) is 5.75 Å². The largest absolute Gasteiger partial charge is 0.487 e. The number of ether oxygens (including phenoxy) is 1. The van der Waals surface area contributed by atoms with Crippen LogP contribution >= 0.6 is 0 Å². The number of terminal acetylenes is 1. The third kappa shape index (κ3) is 3.90. The van der Waals surface area contributed by atoms with E-state index in [1.54, 1.807) is 6.20 Å². The van der Waals surface area contributed by atoms with E-state index in [9.17, 15) is 0 Å². The maximum atomic E-state index is 5.60. The molecular weight excluding hydrogens is 188 g/mol. The van der Waals surface area contributed by atoms with Gasteiger partial charge in [-0.3, -0.25) is 0 Å². The van der Waals surface area contributed by atoms with E-state index in [-0.39, 0.29) is 6.10 Å². The van der Waals surface area contributed by atoms with Crippen LogP contribution in [-0.4, -0.2) is 17.6 Å². The van der Waals surface area contributed by atoms with Gasteiger partial charge in [0.15, 0.2) is 11.6 Å². The van der Waals surface area contributed by atoms with Crippen LogP contribution < -0.4 is 10.1 Å². The number of hydrogen-bond acceptors (Lipinski definition) is 3. The van der Waals surface area contributed by atoms with Crippen LogP contribution in [0.25, 0.3) is 0 Å². The quantitative estimate of drug-likeness (QED) is 0.590. The van der Waals surface area contributed by atoms with Crippen LogP contribution in [0.1, 0.15) is 20.3 Å². The molecule has 1 aromatic rings. The van der Waals surface area contributed by atoms with Crippen LogP contribution in [-0.2, 0) is 0 Å². The smallest absolute Gasteiger partial charge is 0.168 e. The molecule has 0 spiro atoms. The molecule has 1 heterocycles. The van der Waals surface area contributed by atoms with E-state index in [2.05, 4.69) is 16.2 Å². The van der Waals surface area contributed by atoms with Crippen LogP contribution in [0, 0.1) is 12.3 Å². The Balaban J connectivity index is 2.65. The van der Waals surface area contributed by atoms with E-state index in [1.165, 1.54) is 0 Å². The van der Waals surface area contributed by atoms with Gasteiger partial charge in [0.2, 0.25) is 0 Å². The molecular formula is C12H16N2O. The summed E-state index contributed by atoms with van der Waals surface area (Å²) in [5.41, 5.74) is 0. The Morgan fingerprint density at radius 1 is 1.60 bits per heavy atom. The molecule has 0 bridgehead atoms. The fraction of sp³-hybridized carbons (Fsp3) is 0.417. The SMILES string of the molecule is C#CCCNc1ncccc1OC(C)C. The number of rotatable bonds is 5. The molecule has 0 saturated heterocycles. The molecule has 0 amide bonds. The maximum Gasteiger partial charge on any atom is 0.168 e. The molecule has 0 saturated carbocycles. The number of nitrogens with one attached hydrogen (secondary N) is 1. The zero-order valence-electron chi connectivity index (χ0n) is 9.16. The van der Waals surface area contributed by atoms with Crippen LogP contribution in [0.4, 0.5) is 5.82 Å². The lowest BCUT2D eigenvalue weighted by atomic mass is 10.3. The van der Waals surface area contributed by atoms with Crippen molar-refractivity contribution in [2.75, 3.05) is 11.9 Å². The monoisotopic (exact) mass is 204 g/mol. The number of anilines is 1. The highest BCUT2D eigenvalue weighted by atomic mass is 16.5. The molecule has 15 heavy (non-hydrogen) atoms. The standard InChI is InChI=1S/C12H16N2O/c1-4-5-8-13-12-11(15-10(2)3)7-6-9-14-12/h1,6-7,9-10H,5,8H2,2-3H3,(H,13,14). The summed E-state index contributed by atoms with van der Waals surface area (Å²) in [5, 5.41) is 3.14. The second-order valence-electron chi connectivity index (χ2n) is 3.40. The minimum absolute atomic E-state index is 0.141. The highest BCUT2D eigenvalue weighted by Gasteiger charge is 2.04. The van der Waals surface area contributed by atoms with Gasteiger partial charge in [-0.15, -0.1) is 12.3 Å². The van der Waals surface area contributed by atoms with E-state index < -0.39 is 0 Å². The average molecular weight is 204 g/mol. The second-order valence-corrected chi connectivity index (χ2v) is 3.40. The van der Waals surface area contributed by atoms with Gasteiger partial charge in [-0.1, -0.05) is 0 Å². The van der Waals surface area contributed by atoms with E-state index in [4.69, 9.17) is 11.2 Å². The molecule has 1 aromatic heterocycles. The highest BCUT2D eigenvalue weighted by molar-refractivity contribution is 5.49. The predicted octanol–water partition coefficient (Wildman–Crippen LogP) is 2.30. The molecule has 0 aromatic carbocycles. The molecule has 3 nitrogen and oxygen atoms in total. The fourth-order valence-electron chi connectivity index (χ4n) is 1.13. The summed E-state index contributed by atoms with van der Waals surface area (Å²) in [6.07, 6.45) is 7.72. The maximum absolute atomic E-state index is 5.60. The van der Waals surface area contributed by atoms with Crippen molar-refractivity contribution in [2.45, 2.75) is 26.4 Å². The molecule has 0 radical (unpaired) electrons. The predicted molar refractivity (Wildman–Crippen MR) is 61.9 cm³/mol. The highest BCUT2D eigenvalue weighted by Crippen LogP contribution is 2.21. The van der Waals surface area contributed by atoms with Crippen molar-refractivity contribution in [3.63, 3.8) is 0 Å². The molecule has 0 atom stereocenters. The van der Waals surface area contributed by atoms with Gasteiger partial charge in [0.1, 0.15) is 0 Å².